The van der Waals surface area contributed by atoms with E-state index in [2.05, 4.69) is 0 Å². The van der Waals surface area contributed by atoms with Crippen molar-refractivity contribution in [3.63, 3.8) is 0 Å². The Kier molecular flexibility index (Phi) is 15.9. The predicted octanol–water partition coefficient (Wildman–Crippen LogP) is 1.27. The summed E-state index contributed by atoms with van der Waals surface area (Å²) in [5.41, 5.74) is 0. The van der Waals surface area contributed by atoms with Gasteiger partial charge in [0.1, 0.15) is 0 Å². The molecule has 0 amide bonds. The van der Waals surface area contributed by atoms with E-state index in [-0.39, 0.29) is 59.0 Å². The molecule has 1 fully saturated rings. The second-order valence-electron chi connectivity index (χ2n) is 3.01. The predicted molar refractivity (Wildman–Crippen MR) is 51.0 cm³/mol. The van der Waals surface area contributed by atoms with Crippen LogP contribution >= 0.6 is 0 Å². The molecule has 2 nitrogen and oxygen atoms in total. The van der Waals surface area contributed by atoms with Gasteiger partial charge in [-0.15, -0.1) is 0 Å². The summed E-state index contributed by atoms with van der Waals surface area (Å²) in [4.78, 5) is 0. The molecule has 3 atom stereocenters. The van der Waals surface area contributed by atoms with Gasteiger partial charge in [-0.1, -0.05) is 12.5 Å². The van der Waals surface area contributed by atoms with Crippen LogP contribution in [0.4, 0.5) is 0 Å². The van der Waals surface area contributed by atoms with Crippen LogP contribution in [0.5, 0.6) is 0 Å². The van der Waals surface area contributed by atoms with Crippen LogP contribution in [0.25, 0.3) is 0 Å². The molecule has 1 rings (SSSR count). The second kappa shape index (κ2) is 10.8. The van der Waals surface area contributed by atoms with Crippen LogP contribution in [0.2, 0.25) is 5.82 Å². The van der Waals surface area contributed by atoms with Crippen molar-refractivity contribution < 1.29 is 49.1 Å². The molecule has 0 saturated heterocycles. The molecule has 0 bridgehead atoms. The Morgan fingerprint density at radius 3 is 2.43 bits per heavy atom. The summed E-state index contributed by atoms with van der Waals surface area (Å²) in [6, 6.07) is 0. The molecule has 0 spiro atoms. The Hall–Kier alpha value is 1.26. The van der Waals surface area contributed by atoms with Crippen LogP contribution in [0, 0.1) is 19.8 Å². The molecular weight excluding hydrogens is 386 g/mol. The maximum absolute atomic E-state index is 5.73. The molecule has 0 aromatic rings. The zero-order chi connectivity index (χ0) is 8.27. The number of hydrogen-bond acceptors (Lipinski definition) is 2. The Bertz CT molecular complexity index is 129. The third-order valence-corrected chi connectivity index (χ3v) is 2.13. The van der Waals surface area contributed by atoms with Gasteiger partial charge in [-0.25, -0.2) is 0 Å². The molecule has 1 saturated carbocycles. The van der Waals surface area contributed by atoms with Crippen molar-refractivity contribution >= 4 is 7.85 Å². The average Bonchev–Trinajstić information content (AvgIpc) is 2.32. The van der Waals surface area contributed by atoms with E-state index in [0.29, 0.717) is 5.92 Å². The van der Waals surface area contributed by atoms with Gasteiger partial charge in [-0.2, -0.15) is 5.82 Å². The van der Waals surface area contributed by atoms with Gasteiger partial charge < -0.3 is 23.3 Å². The number of hydrogen-bond donors (Lipinski definition) is 0. The van der Waals surface area contributed by atoms with Crippen LogP contribution in [0.3, 0.4) is 0 Å². The first-order valence-electron chi connectivity index (χ1n) is 3.90. The van der Waals surface area contributed by atoms with E-state index in [9.17, 15) is 0 Å². The van der Waals surface area contributed by atoms with E-state index < -0.39 is 0 Å². The third-order valence-electron chi connectivity index (χ3n) is 2.13. The summed E-state index contributed by atoms with van der Waals surface area (Å²) in [5, 5.41) is 0. The second-order valence-corrected chi connectivity index (χ2v) is 3.01. The minimum Gasteiger partial charge on any atom is -0.413 e. The van der Waals surface area contributed by atoms with Crippen molar-refractivity contribution in [1.29, 1.82) is 0 Å². The molecule has 0 unspecified atom stereocenters. The first-order valence-corrected chi connectivity index (χ1v) is 3.90. The molecule has 14 heavy (non-hydrogen) atoms. The molecule has 0 heterocycles. The van der Waals surface area contributed by atoms with Crippen molar-refractivity contribution in [2.45, 2.75) is 18.3 Å². The molecule has 0 N–H and O–H groups in total. The number of methoxy groups -OCH3 is 2. The molecule has 5 heteroatoms. The van der Waals surface area contributed by atoms with Crippen LogP contribution < -0.4 is 0 Å². The Morgan fingerprint density at radius 1 is 1.43 bits per heavy atom. The first-order chi connectivity index (χ1) is 5.27. The smallest absolute Gasteiger partial charge is 0.0488 e. The van der Waals surface area contributed by atoms with Crippen molar-refractivity contribution in [3.05, 3.63) is 13.8 Å². The van der Waals surface area contributed by atoms with Crippen molar-refractivity contribution in [2.24, 2.45) is 5.92 Å². The van der Waals surface area contributed by atoms with Crippen LogP contribution in [-0.2, 0) is 49.1 Å². The minimum atomic E-state index is 0. The number of rotatable bonds is 3. The van der Waals surface area contributed by atoms with Gasteiger partial charge in [0.05, 0.1) is 0 Å². The standard InChI is InChI=1S/C8H14BO2.CH3.V.W/c1-10-5-6-3-7(9)4-8(6)11-2;;;/h4,6-8H,3,5H2,1-2H3;1H3;;/q2*-1;;/t6-,7-,8-;;;/m1.../s1. The van der Waals surface area contributed by atoms with Crippen molar-refractivity contribution in [1.82, 2.24) is 0 Å². The Labute approximate surface area is 115 Å². The SMILES string of the molecule is [B][C@H]1[CH-][C@@H](OC)[C@@H](COC)C1.[CH3-].[V].[W]. The summed E-state index contributed by atoms with van der Waals surface area (Å²) < 4.78 is 10.3. The third kappa shape index (κ3) is 5.98. The van der Waals surface area contributed by atoms with Crippen molar-refractivity contribution in [2.75, 3.05) is 20.8 Å². The normalized spacial score (nSPS) is 29.7. The van der Waals surface area contributed by atoms with E-state index in [0.717, 1.165) is 13.0 Å². The fourth-order valence-corrected chi connectivity index (χ4v) is 1.61. The maximum Gasteiger partial charge on any atom is 0.0488 e. The Morgan fingerprint density at radius 2 is 2.00 bits per heavy atom. The van der Waals surface area contributed by atoms with Gasteiger partial charge in [0.25, 0.3) is 0 Å². The monoisotopic (exact) mass is 403 g/mol. The summed E-state index contributed by atoms with van der Waals surface area (Å²) >= 11 is 0. The number of ether oxygens (including phenoxy) is 2. The maximum atomic E-state index is 5.73. The fraction of sp³-hybridized carbons (Fsp3) is 0.778. The molecular formula is C9H17BO2VW-2. The van der Waals surface area contributed by atoms with Gasteiger partial charge in [0, 0.05) is 68.3 Å². The van der Waals surface area contributed by atoms with E-state index in [4.69, 9.17) is 17.3 Å². The zero-order valence-corrected chi connectivity index (χ0v) is 13.3. The van der Waals surface area contributed by atoms with E-state index in [1.165, 1.54) is 0 Å². The van der Waals surface area contributed by atoms with Crippen molar-refractivity contribution in [3.8, 4) is 0 Å². The molecule has 0 aromatic heterocycles. The molecule has 0 aromatic carbocycles. The zero-order valence-electron chi connectivity index (χ0n) is 8.97. The summed E-state index contributed by atoms with van der Waals surface area (Å²) in [7, 11) is 9.15. The molecule has 81 valence electrons. The van der Waals surface area contributed by atoms with Gasteiger partial charge in [-0.3, -0.25) is 0 Å². The molecule has 0 aliphatic heterocycles. The average molecular weight is 403 g/mol. The fourth-order valence-electron chi connectivity index (χ4n) is 1.61. The topological polar surface area (TPSA) is 18.5 Å². The largest absolute Gasteiger partial charge is 0.413 e. The van der Waals surface area contributed by atoms with Gasteiger partial charge in [0.15, 0.2) is 0 Å². The summed E-state index contributed by atoms with van der Waals surface area (Å²) in [5.74, 6) is 0.625. The van der Waals surface area contributed by atoms with E-state index >= 15 is 0 Å². The van der Waals surface area contributed by atoms with Crippen LogP contribution in [0.1, 0.15) is 6.42 Å². The summed E-state index contributed by atoms with van der Waals surface area (Å²) in [6.45, 7) is 0.739. The van der Waals surface area contributed by atoms with Crippen LogP contribution in [0.15, 0.2) is 0 Å². The Balaban J connectivity index is -0.000000403. The molecule has 1 aliphatic carbocycles. The van der Waals surface area contributed by atoms with Gasteiger partial charge >= 0.3 is 0 Å². The van der Waals surface area contributed by atoms with Gasteiger partial charge in [0.2, 0.25) is 0 Å². The van der Waals surface area contributed by atoms with E-state index in [1.807, 2.05) is 6.42 Å². The minimum absolute atomic E-state index is 0. The van der Waals surface area contributed by atoms with Gasteiger partial charge in [-0.05, 0) is 5.92 Å². The first kappa shape index (κ1) is 20.6. The molecule has 1 aliphatic rings. The van der Waals surface area contributed by atoms with Crippen LogP contribution in [-0.4, -0.2) is 34.8 Å². The summed E-state index contributed by atoms with van der Waals surface area (Å²) in [6.07, 6.45) is 3.21. The molecule has 3 radical (unpaired) electrons. The quantitative estimate of drug-likeness (QED) is 0.523. The van der Waals surface area contributed by atoms with E-state index in [1.54, 1.807) is 14.2 Å².